The third kappa shape index (κ3) is 2.27. The van der Waals surface area contributed by atoms with E-state index in [9.17, 15) is 4.39 Å². The van der Waals surface area contributed by atoms with E-state index >= 15 is 0 Å². The van der Waals surface area contributed by atoms with Crippen molar-refractivity contribution in [3.63, 3.8) is 0 Å². The largest absolute Gasteiger partial charge is 0.384 e. The quantitative estimate of drug-likeness (QED) is 0.919. The second-order valence-corrected chi connectivity index (χ2v) is 5.50. The molecule has 0 radical (unpaired) electrons. The molecule has 3 nitrogen and oxygen atoms in total. The summed E-state index contributed by atoms with van der Waals surface area (Å²) in [7, 11) is 1.79. The van der Waals surface area contributed by atoms with Crippen molar-refractivity contribution < 1.29 is 4.39 Å². The van der Waals surface area contributed by atoms with Crippen LogP contribution in [0.25, 0.3) is 11.3 Å². The van der Waals surface area contributed by atoms with E-state index < -0.39 is 0 Å². The smallest absolute Gasteiger partial charge is 0.125 e. The molecular weight excluding hydrogens is 297 g/mol. The Hall–Kier alpha value is -1.36. The number of halogens is 2. The molecule has 0 atom stereocenters. The normalized spacial score (nSPS) is 11.2. The molecule has 0 amide bonds. The maximum atomic E-state index is 13.5. The van der Waals surface area contributed by atoms with Gasteiger partial charge in [0.25, 0.3) is 0 Å². The summed E-state index contributed by atoms with van der Waals surface area (Å²) in [5, 5.41) is 4.39. The van der Waals surface area contributed by atoms with Crippen LogP contribution in [-0.4, -0.2) is 9.78 Å². The standard InChI is InChI=1S/C13H15BrFN3/c1-7(2)11-12(17-18(3)13(11)16)8-4-9(14)6-10(15)5-8/h4-7H,16H2,1-3H3. The van der Waals surface area contributed by atoms with E-state index in [-0.39, 0.29) is 11.7 Å². The van der Waals surface area contributed by atoms with Crippen LogP contribution < -0.4 is 5.73 Å². The highest BCUT2D eigenvalue weighted by molar-refractivity contribution is 9.10. The molecule has 2 rings (SSSR count). The van der Waals surface area contributed by atoms with Crippen molar-refractivity contribution in [1.29, 1.82) is 0 Å². The van der Waals surface area contributed by atoms with Crippen LogP contribution in [0.15, 0.2) is 22.7 Å². The zero-order chi connectivity index (χ0) is 13.4. The summed E-state index contributed by atoms with van der Waals surface area (Å²) in [6.45, 7) is 4.09. The number of nitrogen functional groups attached to an aromatic ring is 1. The summed E-state index contributed by atoms with van der Waals surface area (Å²) in [5.41, 5.74) is 8.44. The summed E-state index contributed by atoms with van der Waals surface area (Å²) in [5.74, 6) is 0.564. The lowest BCUT2D eigenvalue weighted by Gasteiger charge is -2.07. The van der Waals surface area contributed by atoms with Crippen LogP contribution in [0.4, 0.5) is 10.2 Å². The molecule has 0 spiro atoms. The van der Waals surface area contributed by atoms with Crippen molar-refractivity contribution >= 4 is 21.7 Å². The van der Waals surface area contributed by atoms with Gasteiger partial charge in [0.2, 0.25) is 0 Å². The van der Waals surface area contributed by atoms with Crippen LogP contribution in [0.3, 0.4) is 0 Å². The van der Waals surface area contributed by atoms with Crippen molar-refractivity contribution in [1.82, 2.24) is 9.78 Å². The highest BCUT2D eigenvalue weighted by atomic mass is 79.9. The van der Waals surface area contributed by atoms with Gasteiger partial charge in [-0.2, -0.15) is 5.10 Å². The van der Waals surface area contributed by atoms with Crippen molar-refractivity contribution in [3.8, 4) is 11.3 Å². The Morgan fingerprint density at radius 3 is 2.56 bits per heavy atom. The first-order chi connectivity index (χ1) is 8.40. The molecule has 0 bridgehead atoms. The highest BCUT2D eigenvalue weighted by Gasteiger charge is 2.18. The lowest BCUT2D eigenvalue weighted by Crippen LogP contribution is -2.00. The van der Waals surface area contributed by atoms with Gasteiger partial charge in [-0.05, 0) is 24.1 Å². The second kappa shape index (κ2) is 4.72. The molecule has 0 aliphatic heterocycles. The zero-order valence-corrected chi connectivity index (χ0v) is 12.1. The fourth-order valence-corrected chi connectivity index (χ4v) is 2.49. The number of aromatic nitrogens is 2. The Morgan fingerprint density at radius 2 is 2.00 bits per heavy atom. The summed E-state index contributed by atoms with van der Waals surface area (Å²) in [6, 6.07) is 4.74. The van der Waals surface area contributed by atoms with Crippen molar-refractivity contribution in [2.24, 2.45) is 7.05 Å². The van der Waals surface area contributed by atoms with Crippen LogP contribution in [0, 0.1) is 5.82 Å². The number of nitrogens with zero attached hydrogens (tertiary/aromatic N) is 2. The number of nitrogens with two attached hydrogens (primary N) is 1. The van der Waals surface area contributed by atoms with Gasteiger partial charge in [-0.3, -0.25) is 4.68 Å². The minimum Gasteiger partial charge on any atom is -0.384 e. The molecule has 1 aromatic heterocycles. The van der Waals surface area contributed by atoms with Gasteiger partial charge >= 0.3 is 0 Å². The summed E-state index contributed by atoms with van der Waals surface area (Å²) in [6.07, 6.45) is 0. The fraction of sp³-hybridized carbons (Fsp3) is 0.308. The van der Waals surface area contributed by atoms with Gasteiger partial charge in [0.15, 0.2) is 0 Å². The maximum absolute atomic E-state index is 13.5. The lowest BCUT2D eigenvalue weighted by atomic mass is 9.98. The summed E-state index contributed by atoms with van der Waals surface area (Å²) < 4.78 is 15.8. The average molecular weight is 312 g/mol. The molecule has 0 saturated heterocycles. The molecule has 1 heterocycles. The van der Waals surface area contributed by atoms with Crippen molar-refractivity contribution in [2.45, 2.75) is 19.8 Å². The Labute approximate surface area is 114 Å². The van der Waals surface area contributed by atoms with E-state index in [2.05, 4.69) is 21.0 Å². The number of rotatable bonds is 2. The van der Waals surface area contributed by atoms with Gasteiger partial charge in [0.1, 0.15) is 11.6 Å². The number of aryl methyl sites for hydroxylation is 1. The van der Waals surface area contributed by atoms with Gasteiger partial charge < -0.3 is 5.73 Å². The molecule has 2 aromatic rings. The van der Waals surface area contributed by atoms with E-state index in [1.54, 1.807) is 11.7 Å². The third-order valence-corrected chi connectivity index (χ3v) is 3.30. The van der Waals surface area contributed by atoms with E-state index in [1.165, 1.54) is 12.1 Å². The lowest BCUT2D eigenvalue weighted by molar-refractivity contribution is 0.627. The molecule has 5 heteroatoms. The Balaban J connectivity index is 2.67. The van der Waals surface area contributed by atoms with E-state index in [0.29, 0.717) is 10.3 Å². The molecule has 2 N–H and O–H groups in total. The van der Waals surface area contributed by atoms with Crippen LogP contribution in [0.5, 0.6) is 0 Å². The average Bonchev–Trinajstić information content (AvgIpc) is 2.54. The van der Waals surface area contributed by atoms with Crippen LogP contribution in [0.2, 0.25) is 0 Å². The zero-order valence-electron chi connectivity index (χ0n) is 10.5. The minimum absolute atomic E-state index is 0.232. The Morgan fingerprint density at radius 1 is 1.33 bits per heavy atom. The minimum atomic E-state index is -0.293. The first-order valence-electron chi connectivity index (χ1n) is 5.69. The molecule has 0 unspecified atom stereocenters. The van der Waals surface area contributed by atoms with E-state index in [4.69, 9.17) is 5.73 Å². The van der Waals surface area contributed by atoms with E-state index in [1.807, 2.05) is 19.9 Å². The number of benzene rings is 1. The van der Waals surface area contributed by atoms with Gasteiger partial charge in [-0.25, -0.2) is 4.39 Å². The summed E-state index contributed by atoms with van der Waals surface area (Å²) in [4.78, 5) is 0. The van der Waals surface area contributed by atoms with Crippen molar-refractivity contribution in [2.75, 3.05) is 5.73 Å². The molecular formula is C13H15BrFN3. The van der Waals surface area contributed by atoms with Gasteiger partial charge in [-0.15, -0.1) is 0 Å². The number of anilines is 1. The predicted molar refractivity (Wildman–Crippen MR) is 74.8 cm³/mol. The second-order valence-electron chi connectivity index (χ2n) is 4.58. The van der Waals surface area contributed by atoms with Crippen molar-refractivity contribution in [3.05, 3.63) is 34.1 Å². The maximum Gasteiger partial charge on any atom is 0.125 e. The highest BCUT2D eigenvalue weighted by Crippen LogP contribution is 2.34. The van der Waals surface area contributed by atoms with Crippen LogP contribution in [0.1, 0.15) is 25.3 Å². The van der Waals surface area contributed by atoms with Gasteiger partial charge in [-0.1, -0.05) is 29.8 Å². The first-order valence-corrected chi connectivity index (χ1v) is 6.48. The Bertz CT molecular complexity index is 570. The number of hydrogen-bond acceptors (Lipinski definition) is 2. The predicted octanol–water partition coefficient (Wildman–Crippen LogP) is 3.69. The van der Waals surface area contributed by atoms with Crippen LogP contribution >= 0.6 is 15.9 Å². The van der Waals surface area contributed by atoms with Gasteiger partial charge in [0, 0.05) is 22.6 Å². The molecule has 0 saturated carbocycles. The monoisotopic (exact) mass is 311 g/mol. The third-order valence-electron chi connectivity index (χ3n) is 2.84. The Kier molecular flexibility index (Phi) is 3.43. The van der Waals surface area contributed by atoms with E-state index in [0.717, 1.165) is 16.8 Å². The number of hydrogen-bond donors (Lipinski definition) is 1. The molecule has 0 aliphatic rings. The van der Waals surface area contributed by atoms with Crippen LogP contribution in [-0.2, 0) is 7.05 Å². The molecule has 1 aromatic carbocycles. The molecule has 0 fully saturated rings. The fourth-order valence-electron chi connectivity index (χ4n) is 2.03. The molecule has 18 heavy (non-hydrogen) atoms. The molecule has 96 valence electrons. The SMILES string of the molecule is CC(C)c1c(-c2cc(F)cc(Br)c2)nn(C)c1N. The van der Waals surface area contributed by atoms with Gasteiger partial charge in [0.05, 0.1) is 5.69 Å². The molecule has 0 aliphatic carbocycles. The first kappa shape index (κ1) is 13.1. The topological polar surface area (TPSA) is 43.8 Å². The summed E-state index contributed by atoms with van der Waals surface area (Å²) >= 11 is 3.29.